The number of nitrogens with one attached hydrogen (secondary N) is 1. The summed E-state index contributed by atoms with van der Waals surface area (Å²) in [7, 11) is 9.45. The van der Waals surface area contributed by atoms with Crippen LogP contribution in [0.25, 0.3) is 0 Å². The van der Waals surface area contributed by atoms with Gasteiger partial charge in [-0.05, 0) is 51.3 Å². The summed E-state index contributed by atoms with van der Waals surface area (Å²) < 4.78 is 10.7. The predicted octanol–water partition coefficient (Wildman–Crippen LogP) is 1.83. The molecule has 4 heteroatoms. The normalized spacial score (nSPS) is 12.6. The van der Waals surface area contributed by atoms with E-state index in [4.69, 9.17) is 9.47 Å². The molecule has 0 saturated carbocycles. The fourth-order valence-corrected chi connectivity index (χ4v) is 2.12. The van der Waals surface area contributed by atoms with Crippen molar-refractivity contribution in [3.63, 3.8) is 0 Å². The quantitative estimate of drug-likeness (QED) is 0.837. The van der Waals surface area contributed by atoms with E-state index in [-0.39, 0.29) is 0 Å². The average Bonchev–Trinajstić information content (AvgIpc) is 2.35. The number of ether oxygens (including phenoxy) is 2. The molecule has 1 atom stereocenters. The highest BCUT2D eigenvalue weighted by Gasteiger charge is 2.18. The van der Waals surface area contributed by atoms with Crippen molar-refractivity contribution in [1.29, 1.82) is 0 Å². The smallest absolute Gasteiger partial charge is 0.161 e. The van der Waals surface area contributed by atoms with Crippen LogP contribution in [0.1, 0.15) is 17.2 Å². The second-order valence-electron chi connectivity index (χ2n) is 4.60. The van der Waals surface area contributed by atoms with E-state index < -0.39 is 0 Å². The third-order valence-corrected chi connectivity index (χ3v) is 3.15. The van der Waals surface area contributed by atoms with Crippen LogP contribution in [-0.2, 0) is 0 Å². The van der Waals surface area contributed by atoms with Gasteiger partial charge in [0.15, 0.2) is 11.5 Å². The molecule has 1 rings (SSSR count). The van der Waals surface area contributed by atoms with Crippen molar-refractivity contribution < 1.29 is 9.47 Å². The van der Waals surface area contributed by atoms with Crippen LogP contribution < -0.4 is 14.8 Å². The molecule has 0 aromatic heterocycles. The van der Waals surface area contributed by atoms with Crippen molar-refractivity contribution in [2.24, 2.45) is 0 Å². The van der Waals surface area contributed by atoms with E-state index in [9.17, 15) is 0 Å². The summed E-state index contributed by atoms with van der Waals surface area (Å²) in [6.07, 6.45) is 0. The molecule has 0 aliphatic rings. The Hall–Kier alpha value is -1.26. The van der Waals surface area contributed by atoms with Gasteiger partial charge in [0.2, 0.25) is 0 Å². The first-order valence-corrected chi connectivity index (χ1v) is 6.08. The molecule has 1 unspecified atom stereocenters. The second-order valence-corrected chi connectivity index (χ2v) is 4.60. The number of methoxy groups -OCH3 is 2. The summed E-state index contributed by atoms with van der Waals surface area (Å²) in [4.78, 5) is 2.20. The van der Waals surface area contributed by atoms with Gasteiger partial charge in [0.1, 0.15) is 0 Å². The standard InChI is InChI=1S/C14H24N2O2/c1-10-7-13(17-5)14(18-6)8-11(10)12(9-15-2)16(3)4/h7-8,12,15H,9H2,1-6H3. The van der Waals surface area contributed by atoms with Crippen molar-refractivity contribution in [2.45, 2.75) is 13.0 Å². The monoisotopic (exact) mass is 252 g/mol. The largest absolute Gasteiger partial charge is 0.493 e. The molecule has 0 saturated heterocycles. The summed E-state index contributed by atoms with van der Waals surface area (Å²) in [5, 5.41) is 3.23. The maximum Gasteiger partial charge on any atom is 0.161 e. The Morgan fingerprint density at radius 1 is 1.17 bits per heavy atom. The number of benzene rings is 1. The number of hydrogen-bond acceptors (Lipinski definition) is 4. The molecule has 18 heavy (non-hydrogen) atoms. The molecule has 0 fully saturated rings. The van der Waals surface area contributed by atoms with E-state index in [1.165, 1.54) is 11.1 Å². The molecule has 0 spiro atoms. The molecule has 4 nitrogen and oxygen atoms in total. The fourth-order valence-electron chi connectivity index (χ4n) is 2.12. The Bertz CT molecular complexity index is 392. The molecular weight excluding hydrogens is 228 g/mol. The van der Waals surface area contributed by atoms with Crippen LogP contribution in [0.15, 0.2) is 12.1 Å². The first kappa shape index (κ1) is 14.8. The van der Waals surface area contributed by atoms with E-state index in [2.05, 4.69) is 37.3 Å². The molecule has 0 heterocycles. The van der Waals surface area contributed by atoms with Crippen LogP contribution in [-0.4, -0.2) is 46.8 Å². The van der Waals surface area contributed by atoms with Crippen molar-refractivity contribution in [2.75, 3.05) is 41.9 Å². The van der Waals surface area contributed by atoms with Gasteiger partial charge in [-0.25, -0.2) is 0 Å². The third kappa shape index (κ3) is 3.15. The molecule has 1 N–H and O–H groups in total. The highest BCUT2D eigenvalue weighted by Crippen LogP contribution is 2.33. The third-order valence-electron chi connectivity index (χ3n) is 3.15. The molecule has 1 aromatic carbocycles. The maximum atomic E-state index is 5.38. The number of likely N-dealkylation sites (N-methyl/N-ethyl adjacent to an activating group) is 2. The van der Waals surface area contributed by atoms with E-state index in [0.717, 1.165) is 18.0 Å². The molecule has 102 valence electrons. The highest BCUT2D eigenvalue weighted by atomic mass is 16.5. The molecule has 0 aliphatic carbocycles. The first-order valence-electron chi connectivity index (χ1n) is 6.08. The number of nitrogens with zero attached hydrogens (tertiary/aromatic N) is 1. The van der Waals surface area contributed by atoms with Gasteiger partial charge in [0.25, 0.3) is 0 Å². The topological polar surface area (TPSA) is 33.7 Å². The number of aryl methyl sites for hydroxylation is 1. The maximum absolute atomic E-state index is 5.38. The minimum absolute atomic E-state index is 0.315. The fraction of sp³-hybridized carbons (Fsp3) is 0.571. The van der Waals surface area contributed by atoms with Crippen LogP contribution in [0.2, 0.25) is 0 Å². The van der Waals surface area contributed by atoms with Crippen LogP contribution in [0, 0.1) is 6.92 Å². The van der Waals surface area contributed by atoms with E-state index in [1.54, 1.807) is 14.2 Å². The minimum Gasteiger partial charge on any atom is -0.493 e. The van der Waals surface area contributed by atoms with Crippen LogP contribution in [0.5, 0.6) is 11.5 Å². The van der Waals surface area contributed by atoms with Crippen molar-refractivity contribution in [1.82, 2.24) is 10.2 Å². The van der Waals surface area contributed by atoms with Gasteiger partial charge in [0, 0.05) is 12.6 Å². The molecule has 0 radical (unpaired) electrons. The van der Waals surface area contributed by atoms with E-state index in [1.807, 2.05) is 13.1 Å². The average molecular weight is 252 g/mol. The SMILES string of the molecule is CNCC(c1cc(OC)c(OC)cc1C)N(C)C. The molecule has 1 aromatic rings. The summed E-state index contributed by atoms with van der Waals surface area (Å²) >= 11 is 0. The lowest BCUT2D eigenvalue weighted by molar-refractivity contribution is 0.290. The van der Waals surface area contributed by atoms with Gasteiger partial charge in [-0.1, -0.05) is 0 Å². The van der Waals surface area contributed by atoms with Gasteiger partial charge in [-0.3, -0.25) is 0 Å². The lowest BCUT2D eigenvalue weighted by atomic mass is 9.99. The number of rotatable bonds is 6. The first-order chi connectivity index (χ1) is 8.54. The summed E-state index contributed by atoms with van der Waals surface area (Å²) in [5.41, 5.74) is 2.47. The van der Waals surface area contributed by atoms with Crippen LogP contribution >= 0.6 is 0 Å². The lowest BCUT2D eigenvalue weighted by Crippen LogP contribution is -2.29. The van der Waals surface area contributed by atoms with Crippen LogP contribution in [0.4, 0.5) is 0 Å². The Kier molecular flexibility index (Phi) is 5.44. The predicted molar refractivity (Wildman–Crippen MR) is 74.6 cm³/mol. The molecule has 0 bridgehead atoms. The zero-order chi connectivity index (χ0) is 13.7. The highest BCUT2D eigenvalue weighted by molar-refractivity contribution is 5.48. The van der Waals surface area contributed by atoms with Crippen LogP contribution in [0.3, 0.4) is 0 Å². The lowest BCUT2D eigenvalue weighted by Gasteiger charge is -2.27. The van der Waals surface area contributed by atoms with Gasteiger partial charge >= 0.3 is 0 Å². The Labute approximate surface area is 110 Å². The van der Waals surface area contributed by atoms with Crippen molar-refractivity contribution in [3.8, 4) is 11.5 Å². The summed E-state index contributed by atoms with van der Waals surface area (Å²) in [5.74, 6) is 1.56. The Morgan fingerprint density at radius 3 is 2.17 bits per heavy atom. The Balaban J connectivity index is 3.21. The van der Waals surface area contributed by atoms with E-state index in [0.29, 0.717) is 6.04 Å². The van der Waals surface area contributed by atoms with Crippen molar-refractivity contribution >= 4 is 0 Å². The van der Waals surface area contributed by atoms with Gasteiger partial charge in [0.05, 0.1) is 14.2 Å². The summed E-state index contributed by atoms with van der Waals surface area (Å²) in [6.45, 7) is 2.99. The minimum atomic E-state index is 0.315. The van der Waals surface area contributed by atoms with Gasteiger partial charge < -0.3 is 19.7 Å². The number of hydrogen-bond donors (Lipinski definition) is 1. The summed E-state index contributed by atoms with van der Waals surface area (Å²) in [6, 6.07) is 4.41. The Morgan fingerprint density at radius 2 is 1.72 bits per heavy atom. The van der Waals surface area contributed by atoms with Gasteiger partial charge in [-0.2, -0.15) is 0 Å². The molecule has 0 aliphatic heterocycles. The van der Waals surface area contributed by atoms with Crippen molar-refractivity contribution in [3.05, 3.63) is 23.3 Å². The second kappa shape index (κ2) is 6.61. The zero-order valence-electron chi connectivity index (χ0n) is 12.2. The molecular formula is C14H24N2O2. The van der Waals surface area contributed by atoms with Gasteiger partial charge in [-0.15, -0.1) is 0 Å². The zero-order valence-corrected chi connectivity index (χ0v) is 12.2. The molecule has 0 amide bonds. The van der Waals surface area contributed by atoms with E-state index >= 15 is 0 Å².